The van der Waals surface area contributed by atoms with Gasteiger partial charge in [0.1, 0.15) is 17.4 Å². The number of carbonyl (C=O) groups excluding carboxylic acids is 1. The third-order valence-electron chi connectivity index (χ3n) is 6.28. The Bertz CT molecular complexity index is 1220. The van der Waals surface area contributed by atoms with Crippen LogP contribution in [0.4, 0.5) is 4.39 Å². The van der Waals surface area contributed by atoms with Gasteiger partial charge >= 0.3 is 0 Å². The van der Waals surface area contributed by atoms with Crippen molar-refractivity contribution in [1.82, 2.24) is 15.3 Å². The van der Waals surface area contributed by atoms with Gasteiger partial charge in [0.05, 0.1) is 18.1 Å². The molecule has 4 rings (SSSR count). The first-order valence-electron chi connectivity index (χ1n) is 11.5. The van der Waals surface area contributed by atoms with Gasteiger partial charge in [-0.05, 0) is 78.9 Å². The summed E-state index contributed by atoms with van der Waals surface area (Å²) in [6.07, 6.45) is 1.62. The van der Waals surface area contributed by atoms with Crippen LogP contribution in [0.15, 0.2) is 60.7 Å². The number of benzene rings is 3. The van der Waals surface area contributed by atoms with Crippen LogP contribution in [-0.2, 0) is 11.2 Å². The lowest BCUT2D eigenvalue weighted by Crippen LogP contribution is -2.26. The Labute approximate surface area is 199 Å². The highest BCUT2D eigenvalue weighted by Crippen LogP contribution is 2.29. The molecule has 5 nitrogen and oxygen atoms in total. The molecule has 0 aliphatic rings. The molecule has 0 saturated heterocycles. The number of H-pyrrole nitrogens is 1. The number of aromatic amines is 1. The van der Waals surface area contributed by atoms with Crippen molar-refractivity contribution in [1.29, 1.82) is 0 Å². The van der Waals surface area contributed by atoms with E-state index in [1.807, 2.05) is 24.3 Å². The first kappa shape index (κ1) is 23.5. The number of aryl methyl sites for hydroxylation is 3. The Morgan fingerprint density at radius 1 is 1.03 bits per heavy atom. The summed E-state index contributed by atoms with van der Waals surface area (Å²) in [4.78, 5) is 20.4. The van der Waals surface area contributed by atoms with E-state index in [1.54, 1.807) is 19.2 Å². The van der Waals surface area contributed by atoms with Crippen LogP contribution < -0.4 is 10.1 Å². The molecule has 0 aliphatic carbocycles. The van der Waals surface area contributed by atoms with E-state index in [0.717, 1.165) is 33.7 Å². The summed E-state index contributed by atoms with van der Waals surface area (Å²) in [5, 5.41) is 3.03. The zero-order valence-electron chi connectivity index (χ0n) is 19.8. The van der Waals surface area contributed by atoms with Crippen molar-refractivity contribution in [2.75, 3.05) is 13.7 Å². The van der Waals surface area contributed by atoms with Crippen molar-refractivity contribution >= 4 is 16.9 Å². The largest absolute Gasteiger partial charge is 0.497 e. The van der Waals surface area contributed by atoms with Crippen LogP contribution in [-0.4, -0.2) is 29.5 Å². The van der Waals surface area contributed by atoms with Gasteiger partial charge in [-0.15, -0.1) is 0 Å². The first-order valence-corrected chi connectivity index (χ1v) is 11.5. The maximum atomic E-state index is 13.5. The van der Waals surface area contributed by atoms with Crippen molar-refractivity contribution in [2.24, 2.45) is 0 Å². The molecule has 1 heterocycles. The first-order chi connectivity index (χ1) is 16.4. The zero-order valence-corrected chi connectivity index (χ0v) is 19.8. The summed E-state index contributed by atoms with van der Waals surface area (Å²) in [7, 11) is 1.63. The molecular weight excluding hydrogens is 429 g/mol. The monoisotopic (exact) mass is 459 g/mol. The van der Waals surface area contributed by atoms with E-state index in [2.05, 4.69) is 41.3 Å². The minimum absolute atomic E-state index is 0.0135. The number of ether oxygens (including phenoxy) is 1. The molecule has 6 heteroatoms. The number of methoxy groups -OCH3 is 1. The van der Waals surface area contributed by atoms with Crippen LogP contribution in [0.25, 0.3) is 11.0 Å². The number of hydrogen-bond acceptors (Lipinski definition) is 3. The summed E-state index contributed by atoms with van der Waals surface area (Å²) in [5.41, 5.74) is 6.45. The number of hydrogen-bond donors (Lipinski definition) is 2. The molecule has 1 atom stereocenters. The van der Waals surface area contributed by atoms with Crippen LogP contribution in [0.2, 0.25) is 0 Å². The number of rotatable bonds is 9. The molecule has 2 N–H and O–H groups in total. The molecular formula is C28H30FN3O2. The van der Waals surface area contributed by atoms with Gasteiger partial charge in [-0.3, -0.25) is 4.79 Å². The molecule has 3 aromatic carbocycles. The van der Waals surface area contributed by atoms with E-state index in [0.29, 0.717) is 25.8 Å². The van der Waals surface area contributed by atoms with Crippen molar-refractivity contribution in [2.45, 2.75) is 39.0 Å². The van der Waals surface area contributed by atoms with E-state index in [9.17, 15) is 9.18 Å². The average molecular weight is 460 g/mol. The van der Waals surface area contributed by atoms with Crippen LogP contribution >= 0.6 is 0 Å². The molecule has 4 aromatic rings. The standard InChI is InChI=1S/C28H30FN3O2/c1-18-16-25-26(17-19(18)2)32-27(31-25)12-13-28(33)30-15-14-24(20-4-8-22(29)9-5-20)21-6-10-23(34-3)11-7-21/h4-11,16-17,24H,12-15H2,1-3H3,(H,30,33)(H,31,32). The topological polar surface area (TPSA) is 67.0 Å². The quantitative estimate of drug-likeness (QED) is 0.342. The predicted octanol–water partition coefficient (Wildman–Crippen LogP) is 5.60. The number of nitrogens with zero attached hydrogens (tertiary/aromatic N) is 1. The number of halogens is 1. The molecule has 0 saturated carbocycles. The number of fused-ring (bicyclic) bond motifs is 1. The second kappa shape index (κ2) is 10.5. The average Bonchev–Trinajstić information content (AvgIpc) is 3.23. The van der Waals surface area contributed by atoms with Crippen molar-refractivity contribution in [3.05, 3.63) is 94.6 Å². The van der Waals surface area contributed by atoms with Crippen molar-refractivity contribution in [3.8, 4) is 5.75 Å². The second-order valence-corrected chi connectivity index (χ2v) is 8.65. The van der Waals surface area contributed by atoms with Crippen molar-refractivity contribution < 1.29 is 13.9 Å². The number of nitrogens with one attached hydrogen (secondary N) is 2. The highest BCUT2D eigenvalue weighted by Gasteiger charge is 2.15. The number of aromatic nitrogens is 2. The predicted molar refractivity (Wildman–Crippen MR) is 133 cm³/mol. The lowest BCUT2D eigenvalue weighted by atomic mass is 9.88. The maximum Gasteiger partial charge on any atom is 0.220 e. The normalized spacial score (nSPS) is 12.0. The minimum atomic E-state index is -0.263. The molecule has 176 valence electrons. The Morgan fingerprint density at radius 3 is 2.35 bits per heavy atom. The van der Waals surface area contributed by atoms with Gasteiger partial charge in [-0.1, -0.05) is 24.3 Å². The molecule has 1 amide bonds. The number of imidazole rings is 1. The summed E-state index contributed by atoms with van der Waals surface area (Å²) >= 11 is 0. The zero-order chi connectivity index (χ0) is 24.1. The van der Waals surface area contributed by atoms with Gasteiger partial charge in [-0.25, -0.2) is 9.37 Å². The smallest absolute Gasteiger partial charge is 0.220 e. The van der Waals surface area contributed by atoms with Gasteiger partial charge in [0, 0.05) is 25.3 Å². The minimum Gasteiger partial charge on any atom is -0.497 e. The maximum absolute atomic E-state index is 13.5. The van der Waals surface area contributed by atoms with Gasteiger partial charge in [0.15, 0.2) is 0 Å². The molecule has 0 aliphatic heterocycles. The molecule has 34 heavy (non-hydrogen) atoms. The van der Waals surface area contributed by atoms with Gasteiger partial charge < -0.3 is 15.0 Å². The fourth-order valence-corrected chi connectivity index (χ4v) is 4.17. The van der Waals surface area contributed by atoms with Crippen LogP contribution in [0.5, 0.6) is 5.75 Å². The fourth-order valence-electron chi connectivity index (χ4n) is 4.17. The Balaban J connectivity index is 1.35. The Kier molecular flexibility index (Phi) is 7.26. The molecule has 0 bridgehead atoms. The molecule has 0 radical (unpaired) electrons. The summed E-state index contributed by atoms with van der Waals surface area (Å²) in [5.74, 6) is 1.36. The highest BCUT2D eigenvalue weighted by molar-refractivity contribution is 5.78. The summed E-state index contributed by atoms with van der Waals surface area (Å²) < 4.78 is 18.7. The van der Waals surface area contributed by atoms with Gasteiger partial charge in [-0.2, -0.15) is 0 Å². The van der Waals surface area contributed by atoms with E-state index < -0.39 is 0 Å². The van der Waals surface area contributed by atoms with Crippen molar-refractivity contribution in [3.63, 3.8) is 0 Å². The molecule has 0 spiro atoms. The Morgan fingerprint density at radius 2 is 1.68 bits per heavy atom. The third kappa shape index (κ3) is 5.63. The summed E-state index contributed by atoms with van der Waals surface area (Å²) in [6.45, 7) is 4.67. The number of amides is 1. The summed E-state index contributed by atoms with van der Waals surface area (Å²) in [6, 6.07) is 18.6. The van der Waals surface area contributed by atoms with E-state index >= 15 is 0 Å². The van der Waals surface area contributed by atoms with Gasteiger partial charge in [0.2, 0.25) is 5.91 Å². The number of carbonyl (C=O) groups is 1. The molecule has 1 aromatic heterocycles. The fraction of sp³-hybridized carbons (Fsp3) is 0.286. The highest BCUT2D eigenvalue weighted by atomic mass is 19.1. The Hall–Kier alpha value is -3.67. The molecule has 1 unspecified atom stereocenters. The molecule has 0 fully saturated rings. The SMILES string of the molecule is COc1ccc(C(CCNC(=O)CCc2nc3cc(C)c(C)cc3[nH]2)c2ccc(F)cc2)cc1. The van der Waals surface area contributed by atoms with Crippen LogP contribution in [0.3, 0.4) is 0 Å². The van der Waals surface area contributed by atoms with Crippen LogP contribution in [0, 0.1) is 19.7 Å². The second-order valence-electron chi connectivity index (χ2n) is 8.65. The lowest BCUT2D eigenvalue weighted by molar-refractivity contribution is -0.121. The van der Waals surface area contributed by atoms with Crippen LogP contribution in [0.1, 0.15) is 46.8 Å². The van der Waals surface area contributed by atoms with E-state index in [4.69, 9.17) is 4.74 Å². The van der Waals surface area contributed by atoms with Gasteiger partial charge in [0.25, 0.3) is 0 Å². The van der Waals surface area contributed by atoms with E-state index in [-0.39, 0.29) is 17.6 Å². The van der Waals surface area contributed by atoms with E-state index in [1.165, 1.54) is 23.3 Å². The third-order valence-corrected chi connectivity index (χ3v) is 6.28. The lowest BCUT2D eigenvalue weighted by Gasteiger charge is -2.19.